The lowest BCUT2D eigenvalue weighted by Gasteiger charge is -2.27. The quantitative estimate of drug-likeness (QED) is 0.863. The van der Waals surface area contributed by atoms with Crippen LogP contribution in [0.15, 0.2) is 18.2 Å². The predicted molar refractivity (Wildman–Crippen MR) is 88.1 cm³/mol. The third kappa shape index (κ3) is 5.58. The number of nitrogens with one attached hydrogen (secondary N) is 2. The van der Waals surface area contributed by atoms with E-state index in [4.69, 9.17) is 0 Å². The van der Waals surface area contributed by atoms with Gasteiger partial charge in [-0.15, -0.1) is 0 Å². The van der Waals surface area contributed by atoms with Crippen LogP contribution in [0.1, 0.15) is 31.2 Å². The molecule has 7 heteroatoms. The van der Waals surface area contributed by atoms with Crippen LogP contribution in [0.25, 0.3) is 0 Å². The summed E-state index contributed by atoms with van der Waals surface area (Å²) >= 11 is 0. The van der Waals surface area contributed by atoms with Crippen LogP contribution in [0.5, 0.6) is 0 Å². The zero-order chi connectivity index (χ0) is 17.0. The number of sulfonamides is 1. The molecule has 1 fully saturated rings. The maximum atomic E-state index is 13.5. The summed E-state index contributed by atoms with van der Waals surface area (Å²) in [5.74, 6) is -0.263. The summed E-state index contributed by atoms with van der Waals surface area (Å²) in [5.41, 5.74) is 1.01. The molecule has 0 bridgehead atoms. The highest BCUT2D eigenvalue weighted by Crippen LogP contribution is 2.29. The summed E-state index contributed by atoms with van der Waals surface area (Å²) in [4.78, 5) is 12.2. The Bertz CT molecular complexity index is 668. The minimum atomic E-state index is -3.17. The van der Waals surface area contributed by atoms with E-state index in [9.17, 15) is 17.6 Å². The number of amides is 1. The fourth-order valence-corrected chi connectivity index (χ4v) is 3.35. The molecule has 5 nitrogen and oxygen atoms in total. The molecule has 2 rings (SSSR count). The van der Waals surface area contributed by atoms with Gasteiger partial charge >= 0.3 is 0 Å². The number of rotatable bonds is 5. The van der Waals surface area contributed by atoms with Crippen LogP contribution in [0.2, 0.25) is 0 Å². The molecule has 1 amide bonds. The van der Waals surface area contributed by atoms with Gasteiger partial charge in [0.15, 0.2) is 0 Å². The monoisotopic (exact) mass is 342 g/mol. The lowest BCUT2D eigenvalue weighted by atomic mass is 9.81. The van der Waals surface area contributed by atoms with Crippen molar-refractivity contribution < 1.29 is 17.6 Å². The van der Waals surface area contributed by atoms with Crippen molar-refractivity contribution in [3.05, 3.63) is 29.6 Å². The minimum absolute atomic E-state index is 0.0947. The van der Waals surface area contributed by atoms with E-state index in [-0.39, 0.29) is 23.6 Å². The first kappa shape index (κ1) is 17.9. The third-order valence-corrected chi connectivity index (χ3v) is 4.98. The van der Waals surface area contributed by atoms with Crippen LogP contribution < -0.4 is 10.0 Å². The lowest BCUT2D eigenvalue weighted by Crippen LogP contribution is -2.33. The topological polar surface area (TPSA) is 75.3 Å². The van der Waals surface area contributed by atoms with E-state index in [1.54, 1.807) is 19.1 Å². The largest absolute Gasteiger partial charge is 0.326 e. The normalized spacial score (nSPS) is 21.9. The van der Waals surface area contributed by atoms with E-state index >= 15 is 0 Å². The predicted octanol–water partition coefficient (Wildman–Crippen LogP) is 2.43. The van der Waals surface area contributed by atoms with Crippen molar-refractivity contribution in [2.45, 2.75) is 32.6 Å². The van der Waals surface area contributed by atoms with E-state index in [0.717, 1.165) is 31.9 Å². The van der Waals surface area contributed by atoms with Gasteiger partial charge in [0.25, 0.3) is 0 Å². The number of hydrogen-bond donors (Lipinski definition) is 2. The van der Waals surface area contributed by atoms with Crippen molar-refractivity contribution in [2.24, 2.45) is 11.8 Å². The fraction of sp³-hybridized carbons (Fsp3) is 0.562. The summed E-state index contributed by atoms with van der Waals surface area (Å²) in [6, 6.07) is 4.66. The zero-order valence-electron chi connectivity index (χ0n) is 13.4. The molecule has 2 N–H and O–H groups in total. The van der Waals surface area contributed by atoms with Gasteiger partial charge in [-0.3, -0.25) is 4.79 Å². The molecule has 0 radical (unpaired) electrons. The van der Waals surface area contributed by atoms with Crippen LogP contribution in [0, 0.1) is 24.6 Å². The van der Waals surface area contributed by atoms with Gasteiger partial charge in [0.05, 0.1) is 6.26 Å². The molecular weight excluding hydrogens is 319 g/mol. The van der Waals surface area contributed by atoms with Gasteiger partial charge in [-0.05, 0) is 56.2 Å². The average Bonchev–Trinajstić information content (AvgIpc) is 2.49. The Morgan fingerprint density at radius 2 is 1.91 bits per heavy atom. The number of anilines is 1. The van der Waals surface area contributed by atoms with Crippen LogP contribution in [0.3, 0.4) is 0 Å². The van der Waals surface area contributed by atoms with Crippen LogP contribution in [0.4, 0.5) is 10.1 Å². The lowest BCUT2D eigenvalue weighted by molar-refractivity contribution is -0.121. The highest BCUT2D eigenvalue weighted by Gasteiger charge is 2.26. The van der Waals surface area contributed by atoms with E-state index < -0.39 is 10.0 Å². The second kappa shape index (κ2) is 7.40. The third-order valence-electron chi connectivity index (χ3n) is 4.29. The molecule has 0 unspecified atom stereocenters. The first-order chi connectivity index (χ1) is 10.7. The molecule has 1 aliphatic carbocycles. The van der Waals surface area contributed by atoms with Crippen molar-refractivity contribution in [2.75, 3.05) is 18.1 Å². The molecule has 0 spiro atoms. The smallest absolute Gasteiger partial charge is 0.227 e. The molecule has 1 aromatic carbocycles. The number of carbonyl (C=O) groups is 1. The summed E-state index contributed by atoms with van der Waals surface area (Å²) in [5, 5.41) is 2.76. The van der Waals surface area contributed by atoms with E-state index in [2.05, 4.69) is 10.0 Å². The second-order valence-electron chi connectivity index (χ2n) is 6.29. The maximum absolute atomic E-state index is 13.5. The minimum Gasteiger partial charge on any atom is -0.326 e. The first-order valence-corrected chi connectivity index (χ1v) is 9.65. The van der Waals surface area contributed by atoms with Crippen molar-refractivity contribution in [1.82, 2.24) is 4.72 Å². The van der Waals surface area contributed by atoms with Gasteiger partial charge in [0.2, 0.25) is 15.9 Å². The highest BCUT2D eigenvalue weighted by molar-refractivity contribution is 7.88. The Labute approximate surface area is 136 Å². The first-order valence-electron chi connectivity index (χ1n) is 7.76. The van der Waals surface area contributed by atoms with Gasteiger partial charge in [-0.2, -0.15) is 0 Å². The zero-order valence-corrected chi connectivity index (χ0v) is 14.2. The average molecular weight is 342 g/mol. The molecule has 0 atom stereocenters. The van der Waals surface area contributed by atoms with Gasteiger partial charge in [-0.1, -0.05) is 6.07 Å². The van der Waals surface area contributed by atoms with E-state index in [1.807, 2.05) is 0 Å². The highest BCUT2D eigenvalue weighted by atomic mass is 32.2. The second-order valence-corrected chi connectivity index (χ2v) is 8.12. The Hall–Kier alpha value is -1.47. The van der Waals surface area contributed by atoms with Gasteiger partial charge in [0, 0.05) is 18.2 Å². The summed E-state index contributed by atoms with van der Waals surface area (Å²) < 4.78 is 38.2. The van der Waals surface area contributed by atoms with Gasteiger partial charge in [-0.25, -0.2) is 17.5 Å². The number of carbonyl (C=O) groups excluding carboxylic acids is 1. The Morgan fingerprint density at radius 1 is 1.26 bits per heavy atom. The molecule has 0 saturated heterocycles. The van der Waals surface area contributed by atoms with Crippen molar-refractivity contribution in [3.63, 3.8) is 0 Å². The standard InChI is InChI=1S/C16H23FN2O3S/c1-11-3-8-14(9-15(11)17)19-16(20)13-6-4-12(5-7-13)10-18-23(2,21)22/h3,8-9,12-13,18H,4-7,10H2,1-2H3,(H,19,20). The Kier molecular flexibility index (Phi) is 5.75. The molecule has 1 saturated carbocycles. The van der Waals surface area contributed by atoms with E-state index in [0.29, 0.717) is 17.8 Å². The van der Waals surface area contributed by atoms with Crippen molar-refractivity contribution >= 4 is 21.6 Å². The summed E-state index contributed by atoms with van der Waals surface area (Å²) in [6.07, 6.45) is 4.20. The Morgan fingerprint density at radius 3 is 2.48 bits per heavy atom. The molecule has 1 aliphatic rings. The van der Waals surface area contributed by atoms with E-state index in [1.165, 1.54) is 6.07 Å². The van der Waals surface area contributed by atoms with Gasteiger partial charge in [0.1, 0.15) is 5.82 Å². The van der Waals surface area contributed by atoms with Crippen LogP contribution in [-0.4, -0.2) is 27.1 Å². The molecule has 0 aromatic heterocycles. The number of aryl methyl sites for hydroxylation is 1. The maximum Gasteiger partial charge on any atom is 0.227 e. The van der Waals surface area contributed by atoms with Crippen molar-refractivity contribution in [3.8, 4) is 0 Å². The molecular formula is C16H23FN2O3S. The number of benzene rings is 1. The van der Waals surface area contributed by atoms with Crippen molar-refractivity contribution in [1.29, 1.82) is 0 Å². The fourth-order valence-electron chi connectivity index (χ4n) is 2.81. The molecule has 0 aliphatic heterocycles. The summed E-state index contributed by atoms with van der Waals surface area (Å²) in [6.45, 7) is 2.10. The summed E-state index contributed by atoms with van der Waals surface area (Å²) in [7, 11) is -3.17. The molecule has 1 aromatic rings. The molecule has 0 heterocycles. The molecule has 23 heavy (non-hydrogen) atoms. The Balaban J connectivity index is 1.82. The SMILES string of the molecule is Cc1ccc(NC(=O)C2CCC(CNS(C)(=O)=O)CC2)cc1F. The number of halogens is 1. The van der Waals surface area contributed by atoms with Gasteiger partial charge < -0.3 is 5.32 Å². The number of hydrogen-bond acceptors (Lipinski definition) is 3. The van der Waals surface area contributed by atoms with Crippen LogP contribution in [-0.2, 0) is 14.8 Å². The molecule has 128 valence electrons. The van der Waals surface area contributed by atoms with Crippen LogP contribution >= 0.6 is 0 Å².